The molecule has 0 atom stereocenters. The molecule has 1 aromatic carbocycles. The standard InChI is InChI=1S/C12H18N2/c1-14(2)11-5-3-4-10(8-11)12(9-13)6-7-12/h3-5,8H,6-7,9,13H2,1-2H3. The first-order valence-electron chi connectivity index (χ1n) is 5.16. The Kier molecular flexibility index (Phi) is 2.23. The van der Waals surface area contributed by atoms with Gasteiger partial charge in [0.2, 0.25) is 0 Å². The Bertz CT molecular complexity index is 327. The van der Waals surface area contributed by atoms with E-state index >= 15 is 0 Å². The van der Waals surface area contributed by atoms with Crippen molar-refractivity contribution >= 4 is 5.69 Å². The van der Waals surface area contributed by atoms with Gasteiger partial charge in [-0.05, 0) is 30.5 Å². The molecular weight excluding hydrogens is 172 g/mol. The molecule has 0 aliphatic heterocycles. The highest BCUT2D eigenvalue weighted by Crippen LogP contribution is 2.47. The highest BCUT2D eigenvalue weighted by atomic mass is 15.1. The van der Waals surface area contributed by atoms with Crippen LogP contribution in [0.1, 0.15) is 18.4 Å². The van der Waals surface area contributed by atoms with Gasteiger partial charge in [0.25, 0.3) is 0 Å². The normalized spacial score (nSPS) is 17.9. The Balaban J connectivity index is 2.31. The SMILES string of the molecule is CN(C)c1cccc(C2(CN)CC2)c1. The molecule has 1 aromatic rings. The molecule has 0 spiro atoms. The second kappa shape index (κ2) is 3.28. The number of benzene rings is 1. The first-order chi connectivity index (χ1) is 6.68. The number of hydrogen-bond donors (Lipinski definition) is 1. The van der Waals surface area contributed by atoms with E-state index in [1.807, 2.05) is 0 Å². The van der Waals surface area contributed by atoms with Crippen molar-refractivity contribution in [1.29, 1.82) is 0 Å². The number of anilines is 1. The molecule has 1 fully saturated rings. The summed E-state index contributed by atoms with van der Waals surface area (Å²) < 4.78 is 0. The Morgan fingerprint density at radius 1 is 1.36 bits per heavy atom. The van der Waals surface area contributed by atoms with Gasteiger partial charge in [0, 0.05) is 31.7 Å². The van der Waals surface area contributed by atoms with Crippen LogP contribution in [0.2, 0.25) is 0 Å². The monoisotopic (exact) mass is 190 g/mol. The largest absolute Gasteiger partial charge is 0.378 e. The molecule has 2 rings (SSSR count). The van der Waals surface area contributed by atoms with Gasteiger partial charge in [-0.25, -0.2) is 0 Å². The van der Waals surface area contributed by atoms with Gasteiger partial charge in [0.05, 0.1) is 0 Å². The van der Waals surface area contributed by atoms with E-state index in [-0.39, 0.29) is 0 Å². The van der Waals surface area contributed by atoms with Crippen molar-refractivity contribution in [1.82, 2.24) is 0 Å². The van der Waals surface area contributed by atoms with E-state index in [0.717, 1.165) is 6.54 Å². The van der Waals surface area contributed by atoms with Crippen molar-refractivity contribution in [2.75, 3.05) is 25.5 Å². The molecule has 0 radical (unpaired) electrons. The summed E-state index contributed by atoms with van der Waals surface area (Å²) >= 11 is 0. The minimum absolute atomic E-state index is 0.312. The van der Waals surface area contributed by atoms with Gasteiger partial charge < -0.3 is 10.6 Å². The Labute approximate surface area is 85.7 Å². The van der Waals surface area contributed by atoms with Crippen molar-refractivity contribution in [2.24, 2.45) is 5.73 Å². The van der Waals surface area contributed by atoms with Gasteiger partial charge in [0.15, 0.2) is 0 Å². The van der Waals surface area contributed by atoms with Crippen LogP contribution in [0.3, 0.4) is 0 Å². The summed E-state index contributed by atoms with van der Waals surface area (Å²) in [5, 5.41) is 0. The molecule has 0 heterocycles. The maximum absolute atomic E-state index is 5.81. The van der Waals surface area contributed by atoms with Crippen molar-refractivity contribution in [3.8, 4) is 0 Å². The maximum Gasteiger partial charge on any atom is 0.0363 e. The average Bonchev–Trinajstić information content (AvgIpc) is 2.98. The van der Waals surface area contributed by atoms with Crippen molar-refractivity contribution < 1.29 is 0 Å². The lowest BCUT2D eigenvalue weighted by Gasteiger charge is -2.17. The Morgan fingerprint density at radius 2 is 2.07 bits per heavy atom. The van der Waals surface area contributed by atoms with E-state index in [0.29, 0.717) is 5.41 Å². The summed E-state index contributed by atoms with van der Waals surface area (Å²) in [7, 11) is 4.14. The average molecular weight is 190 g/mol. The second-order valence-electron chi connectivity index (χ2n) is 4.43. The number of nitrogens with two attached hydrogens (primary N) is 1. The highest BCUT2D eigenvalue weighted by Gasteiger charge is 2.42. The fourth-order valence-electron chi connectivity index (χ4n) is 1.88. The molecule has 0 bridgehead atoms. The first kappa shape index (κ1) is 9.53. The quantitative estimate of drug-likeness (QED) is 0.786. The topological polar surface area (TPSA) is 29.3 Å². The van der Waals surface area contributed by atoms with Crippen molar-refractivity contribution in [3.05, 3.63) is 29.8 Å². The van der Waals surface area contributed by atoms with Crippen LogP contribution >= 0.6 is 0 Å². The molecule has 0 unspecified atom stereocenters. The van der Waals surface area contributed by atoms with E-state index < -0.39 is 0 Å². The van der Waals surface area contributed by atoms with Gasteiger partial charge in [-0.3, -0.25) is 0 Å². The van der Waals surface area contributed by atoms with Crippen molar-refractivity contribution in [3.63, 3.8) is 0 Å². The van der Waals surface area contributed by atoms with Gasteiger partial charge in [0.1, 0.15) is 0 Å². The van der Waals surface area contributed by atoms with Gasteiger partial charge in [-0.15, -0.1) is 0 Å². The second-order valence-corrected chi connectivity index (χ2v) is 4.43. The zero-order valence-corrected chi connectivity index (χ0v) is 8.96. The zero-order chi connectivity index (χ0) is 10.2. The minimum atomic E-state index is 0.312. The Hall–Kier alpha value is -1.02. The van der Waals surface area contributed by atoms with E-state index in [1.165, 1.54) is 24.1 Å². The van der Waals surface area contributed by atoms with Crippen LogP contribution in [0, 0.1) is 0 Å². The molecule has 2 N–H and O–H groups in total. The number of nitrogens with zero attached hydrogens (tertiary/aromatic N) is 1. The maximum atomic E-state index is 5.81. The summed E-state index contributed by atoms with van der Waals surface area (Å²) in [5.41, 5.74) is 8.80. The molecular formula is C12H18N2. The molecule has 0 amide bonds. The molecule has 14 heavy (non-hydrogen) atoms. The number of hydrogen-bond acceptors (Lipinski definition) is 2. The van der Waals surface area contributed by atoms with E-state index in [4.69, 9.17) is 5.73 Å². The molecule has 1 aliphatic rings. The third kappa shape index (κ3) is 1.50. The Morgan fingerprint density at radius 3 is 2.57 bits per heavy atom. The first-order valence-corrected chi connectivity index (χ1v) is 5.16. The predicted molar refractivity (Wildman–Crippen MR) is 60.7 cm³/mol. The smallest absolute Gasteiger partial charge is 0.0363 e. The minimum Gasteiger partial charge on any atom is -0.378 e. The van der Waals surface area contributed by atoms with Crippen molar-refractivity contribution in [2.45, 2.75) is 18.3 Å². The third-order valence-corrected chi connectivity index (χ3v) is 3.22. The van der Waals surface area contributed by atoms with Crippen LogP contribution < -0.4 is 10.6 Å². The summed E-state index contributed by atoms with van der Waals surface area (Å²) in [4.78, 5) is 2.14. The van der Waals surface area contributed by atoms with E-state index in [9.17, 15) is 0 Å². The van der Waals surface area contributed by atoms with Gasteiger partial charge in [-0.1, -0.05) is 12.1 Å². The molecule has 0 aromatic heterocycles. The molecule has 0 saturated heterocycles. The van der Waals surface area contributed by atoms with Gasteiger partial charge in [-0.2, -0.15) is 0 Å². The lowest BCUT2D eigenvalue weighted by Crippen LogP contribution is -2.20. The fraction of sp³-hybridized carbons (Fsp3) is 0.500. The van der Waals surface area contributed by atoms with Crippen LogP contribution in [0.5, 0.6) is 0 Å². The van der Waals surface area contributed by atoms with Crippen LogP contribution in [-0.2, 0) is 5.41 Å². The van der Waals surface area contributed by atoms with Crippen LogP contribution in [0.4, 0.5) is 5.69 Å². The zero-order valence-electron chi connectivity index (χ0n) is 8.96. The molecule has 2 heteroatoms. The lowest BCUT2D eigenvalue weighted by molar-refractivity contribution is 0.704. The van der Waals surface area contributed by atoms with Gasteiger partial charge >= 0.3 is 0 Å². The van der Waals surface area contributed by atoms with Crippen LogP contribution in [0.15, 0.2) is 24.3 Å². The highest BCUT2D eigenvalue weighted by molar-refractivity contribution is 5.50. The molecule has 2 nitrogen and oxygen atoms in total. The summed E-state index contributed by atoms with van der Waals surface area (Å²) in [6, 6.07) is 8.73. The fourth-order valence-corrected chi connectivity index (χ4v) is 1.88. The lowest BCUT2D eigenvalue weighted by atomic mass is 9.96. The summed E-state index contributed by atoms with van der Waals surface area (Å²) in [6.07, 6.45) is 2.50. The molecule has 76 valence electrons. The summed E-state index contributed by atoms with van der Waals surface area (Å²) in [5.74, 6) is 0. The van der Waals surface area contributed by atoms with E-state index in [1.54, 1.807) is 0 Å². The molecule has 1 aliphatic carbocycles. The van der Waals surface area contributed by atoms with E-state index in [2.05, 4.69) is 43.3 Å². The third-order valence-electron chi connectivity index (χ3n) is 3.22. The summed E-state index contributed by atoms with van der Waals surface area (Å²) in [6.45, 7) is 0.782. The molecule has 1 saturated carbocycles. The van der Waals surface area contributed by atoms with Crippen LogP contribution in [-0.4, -0.2) is 20.6 Å². The number of rotatable bonds is 3. The van der Waals surface area contributed by atoms with Crippen LogP contribution in [0.25, 0.3) is 0 Å². The predicted octanol–water partition coefficient (Wildman–Crippen LogP) is 1.74.